The van der Waals surface area contributed by atoms with Gasteiger partial charge in [0.05, 0.1) is 12.0 Å². The van der Waals surface area contributed by atoms with Crippen LogP contribution in [0.4, 0.5) is 4.79 Å². The van der Waals surface area contributed by atoms with Gasteiger partial charge >= 0.3 is 12.0 Å². The summed E-state index contributed by atoms with van der Waals surface area (Å²) in [6.07, 6.45) is 6.60. The Labute approximate surface area is 138 Å². The number of carbonyl (C=O) groups is 2. The van der Waals surface area contributed by atoms with Gasteiger partial charge in [-0.25, -0.2) is 4.79 Å². The molecule has 0 aromatic carbocycles. The second kappa shape index (κ2) is 8.52. The standard InChI is InChI=1S/C17H30N2O4/c1-12-9-14(16(20)21)11-19(10-12)17(22)18-8-7-13-3-5-15(23-2)6-4-13/h12-15H,3-11H2,1-2H3,(H,18,22)(H,20,21). The van der Waals surface area contributed by atoms with Gasteiger partial charge in [-0.15, -0.1) is 0 Å². The van der Waals surface area contributed by atoms with Crippen LogP contribution in [0.5, 0.6) is 0 Å². The number of carbonyl (C=O) groups excluding carboxylic acids is 1. The number of carboxylic acid groups (broad SMARTS) is 1. The van der Waals surface area contributed by atoms with Gasteiger partial charge in [0.2, 0.25) is 0 Å². The van der Waals surface area contributed by atoms with Crippen molar-refractivity contribution in [2.45, 2.75) is 51.6 Å². The fourth-order valence-corrected chi connectivity index (χ4v) is 3.85. The number of hydrogen-bond acceptors (Lipinski definition) is 3. The zero-order chi connectivity index (χ0) is 16.8. The predicted molar refractivity (Wildman–Crippen MR) is 87.3 cm³/mol. The van der Waals surface area contributed by atoms with Crippen molar-refractivity contribution >= 4 is 12.0 Å². The Bertz CT molecular complexity index is 407. The van der Waals surface area contributed by atoms with Gasteiger partial charge in [-0.2, -0.15) is 0 Å². The number of nitrogens with one attached hydrogen (secondary N) is 1. The average molecular weight is 326 g/mol. The first-order chi connectivity index (χ1) is 11.0. The zero-order valence-electron chi connectivity index (χ0n) is 14.3. The molecular weight excluding hydrogens is 296 g/mol. The minimum atomic E-state index is -0.802. The van der Waals surface area contributed by atoms with Crippen LogP contribution in [0.1, 0.15) is 45.4 Å². The number of ether oxygens (including phenoxy) is 1. The van der Waals surface area contributed by atoms with Gasteiger partial charge in [-0.3, -0.25) is 4.79 Å². The predicted octanol–water partition coefficient (Wildman–Crippen LogP) is 2.33. The van der Waals surface area contributed by atoms with Crippen LogP contribution in [0, 0.1) is 17.8 Å². The summed E-state index contributed by atoms with van der Waals surface area (Å²) >= 11 is 0. The molecule has 1 heterocycles. The number of nitrogens with zero attached hydrogens (tertiary/aromatic N) is 1. The first-order valence-corrected chi connectivity index (χ1v) is 8.78. The number of hydrogen-bond donors (Lipinski definition) is 2. The maximum atomic E-state index is 12.3. The zero-order valence-corrected chi connectivity index (χ0v) is 14.3. The highest BCUT2D eigenvalue weighted by Crippen LogP contribution is 2.28. The summed E-state index contributed by atoms with van der Waals surface area (Å²) in [7, 11) is 1.77. The van der Waals surface area contributed by atoms with Crippen molar-refractivity contribution in [1.82, 2.24) is 10.2 Å². The quantitative estimate of drug-likeness (QED) is 0.813. The second-order valence-electron chi connectivity index (χ2n) is 7.18. The highest BCUT2D eigenvalue weighted by molar-refractivity contribution is 5.76. The number of likely N-dealkylation sites (tertiary alicyclic amines) is 1. The number of rotatable bonds is 5. The van der Waals surface area contributed by atoms with Crippen LogP contribution < -0.4 is 5.32 Å². The maximum Gasteiger partial charge on any atom is 0.317 e. The van der Waals surface area contributed by atoms with Gasteiger partial charge < -0.3 is 20.1 Å². The first-order valence-electron chi connectivity index (χ1n) is 8.78. The fraction of sp³-hybridized carbons (Fsp3) is 0.882. The fourth-order valence-electron chi connectivity index (χ4n) is 3.85. The normalized spacial score (nSPS) is 31.7. The van der Waals surface area contributed by atoms with E-state index in [1.807, 2.05) is 6.92 Å². The number of methoxy groups -OCH3 is 1. The maximum absolute atomic E-state index is 12.3. The molecule has 1 saturated carbocycles. The summed E-state index contributed by atoms with van der Waals surface area (Å²) in [4.78, 5) is 25.1. The molecule has 6 nitrogen and oxygen atoms in total. The third-order valence-electron chi connectivity index (χ3n) is 5.25. The Hall–Kier alpha value is -1.30. The number of carboxylic acids is 1. The van der Waals surface area contributed by atoms with Gasteiger partial charge in [0, 0.05) is 26.7 Å². The molecule has 2 atom stereocenters. The third-order valence-corrected chi connectivity index (χ3v) is 5.25. The molecule has 2 N–H and O–H groups in total. The molecular formula is C17H30N2O4. The Morgan fingerprint density at radius 3 is 2.52 bits per heavy atom. The van der Waals surface area contributed by atoms with Gasteiger partial charge in [0.1, 0.15) is 0 Å². The number of urea groups is 1. The average Bonchev–Trinajstić information content (AvgIpc) is 2.54. The van der Waals surface area contributed by atoms with Crippen molar-refractivity contribution in [1.29, 1.82) is 0 Å². The van der Waals surface area contributed by atoms with Crippen LogP contribution in [0.15, 0.2) is 0 Å². The van der Waals surface area contributed by atoms with Crippen LogP contribution >= 0.6 is 0 Å². The van der Waals surface area contributed by atoms with Crippen molar-refractivity contribution in [3.8, 4) is 0 Å². The smallest absolute Gasteiger partial charge is 0.317 e. The van der Waals surface area contributed by atoms with Crippen LogP contribution in [0.25, 0.3) is 0 Å². The summed E-state index contributed by atoms with van der Waals surface area (Å²) in [6.45, 7) is 3.65. The largest absolute Gasteiger partial charge is 0.481 e. The molecule has 2 rings (SSSR count). The van der Waals surface area contributed by atoms with Crippen LogP contribution in [0.2, 0.25) is 0 Å². The van der Waals surface area contributed by atoms with E-state index in [4.69, 9.17) is 4.74 Å². The van der Waals surface area contributed by atoms with Gasteiger partial charge in [-0.1, -0.05) is 6.92 Å². The van der Waals surface area contributed by atoms with Crippen LogP contribution in [0.3, 0.4) is 0 Å². The lowest BCUT2D eigenvalue weighted by atomic mass is 9.85. The highest BCUT2D eigenvalue weighted by atomic mass is 16.5. The van der Waals surface area contributed by atoms with Crippen molar-refractivity contribution < 1.29 is 19.4 Å². The molecule has 0 radical (unpaired) electrons. The third kappa shape index (κ3) is 5.37. The molecule has 1 aliphatic carbocycles. The number of aliphatic carboxylic acids is 1. The molecule has 1 saturated heterocycles. The van der Waals surface area contributed by atoms with Gasteiger partial charge in [0.25, 0.3) is 0 Å². The highest BCUT2D eigenvalue weighted by Gasteiger charge is 2.31. The molecule has 23 heavy (non-hydrogen) atoms. The van der Waals surface area contributed by atoms with Crippen molar-refractivity contribution in [3.05, 3.63) is 0 Å². The van der Waals surface area contributed by atoms with E-state index in [0.29, 0.717) is 38.1 Å². The Balaban J connectivity index is 1.69. The topological polar surface area (TPSA) is 78.9 Å². The lowest BCUT2D eigenvalue weighted by molar-refractivity contribution is -0.143. The van der Waals surface area contributed by atoms with E-state index in [0.717, 1.165) is 32.1 Å². The minimum Gasteiger partial charge on any atom is -0.481 e. The number of piperidine rings is 1. The molecule has 2 aliphatic rings. The van der Waals surface area contributed by atoms with Crippen molar-refractivity contribution in [2.75, 3.05) is 26.7 Å². The lowest BCUT2D eigenvalue weighted by Crippen LogP contribution is -2.49. The molecule has 132 valence electrons. The summed E-state index contributed by atoms with van der Waals surface area (Å²) in [6, 6.07) is -0.117. The van der Waals surface area contributed by atoms with Gasteiger partial charge in [-0.05, 0) is 50.4 Å². The van der Waals surface area contributed by atoms with Crippen LogP contribution in [-0.2, 0) is 9.53 Å². The summed E-state index contributed by atoms with van der Waals surface area (Å²) < 4.78 is 5.38. The lowest BCUT2D eigenvalue weighted by Gasteiger charge is -2.34. The van der Waals surface area contributed by atoms with E-state index in [-0.39, 0.29) is 11.9 Å². The van der Waals surface area contributed by atoms with E-state index in [2.05, 4.69) is 5.32 Å². The first kappa shape index (κ1) is 18.0. The molecule has 0 aromatic heterocycles. The summed E-state index contributed by atoms with van der Waals surface area (Å²) in [5.41, 5.74) is 0. The molecule has 0 aromatic rings. The molecule has 0 bridgehead atoms. The number of amides is 2. The van der Waals surface area contributed by atoms with Crippen LogP contribution in [-0.4, -0.2) is 54.9 Å². The van der Waals surface area contributed by atoms with Crippen molar-refractivity contribution in [2.24, 2.45) is 17.8 Å². The van der Waals surface area contributed by atoms with E-state index >= 15 is 0 Å². The molecule has 6 heteroatoms. The Morgan fingerprint density at radius 1 is 1.22 bits per heavy atom. The Kier molecular flexibility index (Phi) is 6.69. The van der Waals surface area contributed by atoms with E-state index in [1.165, 1.54) is 0 Å². The molecule has 2 amide bonds. The summed E-state index contributed by atoms with van der Waals surface area (Å²) in [5, 5.41) is 12.1. The minimum absolute atomic E-state index is 0.117. The molecule has 1 aliphatic heterocycles. The SMILES string of the molecule is COC1CCC(CCNC(=O)N2CC(C)CC(C(=O)O)C2)CC1. The Morgan fingerprint density at radius 2 is 1.91 bits per heavy atom. The molecule has 2 unspecified atom stereocenters. The monoisotopic (exact) mass is 326 g/mol. The van der Waals surface area contributed by atoms with E-state index in [1.54, 1.807) is 12.0 Å². The second-order valence-corrected chi connectivity index (χ2v) is 7.18. The van der Waals surface area contributed by atoms with Crippen molar-refractivity contribution in [3.63, 3.8) is 0 Å². The van der Waals surface area contributed by atoms with E-state index < -0.39 is 11.9 Å². The molecule has 2 fully saturated rings. The molecule has 0 spiro atoms. The van der Waals surface area contributed by atoms with Gasteiger partial charge in [0.15, 0.2) is 0 Å². The van der Waals surface area contributed by atoms with E-state index in [9.17, 15) is 14.7 Å². The summed E-state index contributed by atoms with van der Waals surface area (Å²) in [5.74, 6) is -0.341.